The molecule has 0 N–H and O–H groups in total. The molecule has 0 bridgehead atoms. The van der Waals surface area contributed by atoms with Gasteiger partial charge in [0.25, 0.3) is 0 Å². The summed E-state index contributed by atoms with van der Waals surface area (Å²) in [7, 11) is 1.53. The molecule has 21 heavy (non-hydrogen) atoms. The number of benzene rings is 1. The Kier molecular flexibility index (Phi) is 3.81. The Balaban J connectivity index is 1.82. The normalized spacial score (nSPS) is 17.6. The number of hydrogen-bond acceptors (Lipinski definition) is 6. The van der Waals surface area contributed by atoms with Crippen LogP contribution in [0.15, 0.2) is 30.5 Å². The maximum Gasteiger partial charge on any atom is 0.378 e. The smallest absolute Gasteiger partial charge is 0.378 e. The Morgan fingerprint density at radius 1 is 1.29 bits per heavy atom. The lowest BCUT2D eigenvalue weighted by atomic mass is 10.1. The number of methoxy groups -OCH3 is 1. The summed E-state index contributed by atoms with van der Waals surface area (Å²) in [6, 6.07) is 7.47. The van der Waals surface area contributed by atoms with Crippen LogP contribution in [0, 0.1) is 0 Å². The van der Waals surface area contributed by atoms with E-state index in [9.17, 15) is 4.79 Å². The molecule has 0 spiro atoms. The van der Waals surface area contributed by atoms with Crippen molar-refractivity contribution in [2.45, 2.75) is 18.6 Å². The molecule has 1 aromatic heterocycles. The van der Waals surface area contributed by atoms with E-state index in [0.29, 0.717) is 31.6 Å². The van der Waals surface area contributed by atoms with Crippen molar-refractivity contribution in [3.05, 3.63) is 36.3 Å². The van der Waals surface area contributed by atoms with Crippen LogP contribution in [0.1, 0.15) is 23.5 Å². The fraction of sp³-hybridized carbons (Fsp3) is 0.400. The van der Waals surface area contributed by atoms with Gasteiger partial charge in [0.2, 0.25) is 11.6 Å². The lowest BCUT2D eigenvalue weighted by molar-refractivity contribution is -0.225. The summed E-state index contributed by atoms with van der Waals surface area (Å²) in [5.41, 5.74) is 0.706. The predicted molar refractivity (Wildman–Crippen MR) is 74.7 cm³/mol. The van der Waals surface area contributed by atoms with E-state index in [0.717, 1.165) is 5.39 Å². The second-order valence-corrected chi connectivity index (χ2v) is 4.87. The summed E-state index contributed by atoms with van der Waals surface area (Å²) in [6.07, 6.45) is 2.62. The van der Waals surface area contributed by atoms with Crippen molar-refractivity contribution in [2.75, 3.05) is 20.3 Å². The van der Waals surface area contributed by atoms with Crippen LogP contribution in [0.4, 0.5) is 0 Å². The third-order valence-corrected chi connectivity index (χ3v) is 3.58. The number of esters is 1. The van der Waals surface area contributed by atoms with Crippen molar-refractivity contribution in [2.24, 2.45) is 0 Å². The third kappa shape index (κ3) is 2.86. The van der Waals surface area contributed by atoms with Crippen molar-refractivity contribution in [3.8, 4) is 0 Å². The molecular weight excluding hydrogens is 272 g/mol. The van der Waals surface area contributed by atoms with Gasteiger partial charge in [-0.15, -0.1) is 0 Å². The molecule has 0 saturated carbocycles. The molecule has 0 amide bonds. The van der Waals surface area contributed by atoms with E-state index >= 15 is 0 Å². The Morgan fingerprint density at radius 3 is 2.81 bits per heavy atom. The molecule has 1 aliphatic heterocycles. The predicted octanol–water partition coefficient (Wildman–Crippen LogP) is 1.94. The molecule has 1 saturated heterocycles. The van der Waals surface area contributed by atoms with Crippen LogP contribution in [0.5, 0.6) is 0 Å². The van der Waals surface area contributed by atoms with Gasteiger partial charge < -0.3 is 14.2 Å². The van der Waals surface area contributed by atoms with Gasteiger partial charge in [0.05, 0.1) is 18.7 Å². The number of nitrogens with zero attached hydrogens (tertiary/aromatic N) is 2. The highest BCUT2D eigenvalue weighted by molar-refractivity contribution is 5.88. The fourth-order valence-electron chi connectivity index (χ4n) is 2.32. The lowest BCUT2D eigenvalue weighted by Gasteiger charge is -2.34. The first kappa shape index (κ1) is 13.9. The Hall–Kier alpha value is -2.05. The van der Waals surface area contributed by atoms with Gasteiger partial charge >= 0.3 is 5.97 Å². The van der Waals surface area contributed by atoms with Gasteiger partial charge in [-0.05, 0) is 6.07 Å². The topological polar surface area (TPSA) is 70.5 Å². The average Bonchev–Trinajstić information content (AvgIpc) is 2.55. The number of fused-ring (bicyclic) bond motifs is 1. The van der Waals surface area contributed by atoms with E-state index in [1.807, 2.05) is 24.3 Å². The molecular formula is C15H16N2O4. The molecule has 0 radical (unpaired) electrons. The number of carbonyl (C=O) groups excluding carboxylic acids is 1. The number of aromatic nitrogens is 2. The minimum atomic E-state index is -0.940. The van der Waals surface area contributed by atoms with Crippen LogP contribution >= 0.6 is 0 Å². The van der Waals surface area contributed by atoms with Crippen LogP contribution in [0.25, 0.3) is 10.9 Å². The first-order valence-electron chi connectivity index (χ1n) is 6.80. The van der Waals surface area contributed by atoms with E-state index < -0.39 is 11.8 Å². The van der Waals surface area contributed by atoms with E-state index in [4.69, 9.17) is 14.2 Å². The highest BCUT2D eigenvalue weighted by Crippen LogP contribution is 2.26. The zero-order valence-electron chi connectivity index (χ0n) is 11.7. The van der Waals surface area contributed by atoms with Crippen molar-refractivity contribution < 1.29 is 19.0 Å². The zero-order valence-corrected chi connectivity index (χ0v) is 11.7. The van der Waals surface area contributed by atoms with Gasteiger partial charge in [0, 0.05) is 31.5 Å². The Bertz CT molecular complexity index is 653. The third-order valence-electron chi connectivity index (χ3n) is 3.58. The quantitative estimate of drug-likeness (QED) is 0.635. The molecule has 0 aliphatic carbocycles. The zero-order chi connectivity index (χ0) is 14.7. The second kappa shape index (κ2) is 5.75. The number of rotatable bonds is 3. The standard InChI is InChI=1S/C15H16N2O4/c1-19-15(6-8-20-9-7-15)21-14(18)13-16-10-11-4-2-3-5-12(11)17-13/h2-5,10H,6-9H2,1H3. The maximum absolute atomic E-state index is 12.3. The second-order valence-electron chi connectivity index (χ2n) is 4.87. The van der Waals surface area contributed by atoms with Gasteiger partial charge in [-0.1, -0.05) is 18.2 Å². The number of ether oxygens (including phenoxy) is 3. The van der Waals surface area contributed by atoms with Crippen LogP contribution < -0.4 is 0 Å². The van der Waals surface area contributed by atoms with Crippen LogP contribution in [0.2, 0.25) is 0 Å². The lowest BCUT2D eigenvalue weighted by Crippen LogP contribution is -2.42. The highest BCUT2D eigenvalue weighted by Gasteiger charge is 2.37. The van der Waals surface area contributed by atoms with Crippen LogP contribution in [-0.2, 0) is 14.2 Å². The van der Waals surface area contributed by atoms with Crippen LogP contribution in [-0.4, -0.2) is 42.0 Å². The van der Waals surface area contributed by atoms with E-state index in [-0.39, 0.29) is 5.82 Å². The van der Waals surface area contributed by atoms with E-state index in [1.54, 1.807) is 6.20 Å². The molecule has 2 heterocycles. The Morgan fingerprint density at radius 2 is 2.05 bits per heavy atom. The summed E-state index contributed by atoms with van der Waals surface area (Å²) in [5.74, 6) is -1.48. The van der Waals surface area contributed by atoms with Gasteiger partial charge in [-0.3, -0.25) is 0 Å². The van der Waals surface area contributed by atoms with Crippen molar-refractivity contribution in [3.63, 3.8) is 0 Å². The molecule has 1 aromatic carbocycles. The summed E-state index contributed by atoms with van der Waals surface area (Å²) < 4.78 is 16.1. The van der Waals surface area contributed by atoms with Gasteiger partial charge in [-0.2, -0.15) is 0 Å². The first-order valence-corrected chi connectivity index (χ1v) is 6.80. The maximum atomic E-state index is 12.3. The average molecular weight is 288 g/mol. The molecule has 110 valence electrons. The molecule has 1 fully saturated rings. The Labute approximate surface area is 122 Å². The monoisotopic (exact) mass is 288 g/mol. The molecule has 2 aromatic rings. The van der Waals surface area contributed by atoms with Gasteiger partial charge in [0.1, 0.15) is 0 Å². The summed E-state index contributed by atoms with van der Waals surface area (Å²) in [4.78, 5) is 20.6. The van der Waals surface area contributed by atoms with E-state index in [2.05, 4.69) is 9.97 Å². The summed E-state index contributed by atoms with van der Waals surface area (Å²) in [6.45, 7) is 0.999. The molecule has 1 aliphatic rings. The summed E-state index contributed by atoms with van der Waals surface area (Å²) in [5, 5.41) is 0.876. The minimum Gasteiger partial charge on any atom is -0.427 e. The minimum absolute atomic E-state index is 0.0385. The van der Waals surface area contributed by atoms with Crippen molar-refractivity contribution >= 4 is 16.9 Å². The highest BCUT2D eigenvalue weighted by atomic mass is 16.7. The van der Waals surface area contributed by atoms with Crippen molar-refractivity contribution in [1.82, 2.24) is 9.97 Å². The van der Waals surface area contributed by atoms with E-state index in [1.165, 1.54) is 7.11 Å². The molecule has 6 heteroatoms. The number of hydrogen-bond donors (Lipinski definition) is 0. The van der Waals surface area contributed by atoms with Crippen molar-refractivity contribution in [1.29, 1.82) is 0 Å². The molecule has 0 atom stereocenters. The first-order chi connectivity index (χ1) is 10.2. The SMILES string of the molecule is COC1(OC(=O)c2ncc3ccccc3n2)CCOCC1. The van der Waals surface area contributed by atoms with Crippen LogP contribution in [0.3, 0.4) is 0 Å². The molecule has 0 unspecified atom stereocenters. The fourth-order valence-corrected chi connectivity index (χ4v) is 2.32. The number of carbonyl (C=O) groups is 1. The van der Waals surface area contributed by atoms with Gasteiger partial charge in [0.15, 0.2) is 0 Å². The van der Waals surface area contributed by atoms with Gasteiger partial charge in [-0.25, -0.2) is 14.8 Å². The number of para-hydroxylation sites is 1. The summed E-state index contributed by atoms with van der Waals surface area (Å²) >= 11 is 0. The molecule has 3 rings (SSSR count). The molecule has 6 nitrogen and oxygen atoms in total. The largest absolute Gasteiger partial charge is 0.427 e.